The lowest BCUT2D eigenvalue weighted by molar-refractivity contribution is -0.147. The standard InChI is InChI=1S/C21H21F3N2O5S.C8H10.C2H6/c1-2-4-16-11-18(27)17(20(28)31-16)10-13-5-3-6-15(9-13)26-32(29,30)19-8-7-14(12-25-19)21(22,23)24;1-2-8-6-4-3-5-7-8;1-2/h3,5-9,12,16,26-27H,2,4,10-11H2,1H3;3-7H,2H2,1H3;1-2H3. The van der Waals surface area contributed by atoms with Gasteiger partial charge in [0.1, 0.15) is 11.9 Å². The van der Waals surface area contributed by atoms with Gasteiger partial charge in [0.2, 0.25) is 0 Å². The number of aryl methyl sites for hydroxylation is 1. The normalized spacial score (nSPS) is 15.0. The lowest BCUT2D eigenvalue weighted by atomic mass is 9.98. The average molecular weight is 607 g/mol. The van der Waals surface area contributed by atoms with E-state index in [1.807, 2.05) is 26.8 Å². The molecule has 11 heteroatoms. The molecule has 7 nitrogen and oxygen atoms in total. The minimum Gasteiger partial charge on any atom is -0.512 e. The van der Waals surface area contributed by atoms with E-state index in [-0.39, 0.29) is 36.0 Å². The van der Waals surface area contributed by atoms with Crippen LogP contribution >= 0.6 is 0 Å². The molecule has 0 radical (unpaired) electrons. The maximum absolute atomic E-state index is 12.7. The number of benzene rings is 2. The maximum atomic E-state index is 12.7. The molecule has 0 saturated heterocycles. The van der Waals surface area contributed by atoms with E-state index in [9.17, 15) is 31.5 Å². The van der Waals surface area contributed by atoms with E-state index in [4.69, 9.17) is 4.74 Å². The first-order valence-electron chi connectivity index (χ1n) is 13.7. The third-order valence-corrected chi connectivity index (χ3v) is 7.35. The van der Waals surface area contributed by atoms with Crippen LogP contribution in [0.25, 0.3) is 0 Å². The number of aliphatic hydroxyl groups excluding tert-OH is 1. The Bertz CT molecular complexity index is 1420. The minimum absolute atomic E-state index is 0.0254. The van der Waals surface area contributed by atoms with Crippen LogP contribution in [0, 0.1) is 0 Å². The summed E-state index contributed by atoms with van der Waals surface area (Å²) in [6.45, 7) is 8.10. The molecule has 3 aromatic rings. The number of alkyl halides is 3. The molecule has 228 valence electrons. The van der Waals surface area contributed by atoms with Gasteiger partial charge in [0.15, 0.2) is 5.03 Å². The van der Waals surface area contributed by atoms with Crippen molar-refractivity contribution in [3.05, 3.63) is 101 Å². The summed E-state index contributed by atoms with van der Waals surface area (Å²) in [7, 11) is -4.24. The molecule has 0 amide bonds. The van der Waals surface area contributed by atoms with Crippen molar-refractivity contribution >= 4 is 21.7 Å². The number of sulfonamides is 1. The summed E-state index contributed by atoms with van der Waals surface area (Å²) in [5, 5.41) is 9.69. The first kappa shape index (κ1) is 34.3. The summed E-state index contributed by atoms with van der Waals surface area (Å²) < 4.78 is 70.5. The second-order valence-electron chi connectivity index (χ2n) is 9.15. The van der Waals surface area contributed by atoms with Gasteiger partial charge in [-0.1, -0.05) is 76.6 Å². The zero-order chi connectivity index (χ0) is 31.3. The van der Waals surface area contributed by atoms with E-state index in [1.54, 1.807) is 12.1 Å². The van der Waals surface area contributed by atoms with E-state index >= 15 is 0 Å². The smallest absolute Gasteiger partial charge is 0.417 e. The average Bonchev–Trinajstić information content (AvgIpc) is 2.97. The molecule has 1 atom stereocenters. The van der Waals surface area contributed by atoms with Crippen molar-refractivity contribution in [3.8, 4) is 0 Å². The van der Waals surface area contributed by atoms with Crippen LogP contribution < -0.4 is 4.72 Å². The number of carbonyl (C=O) groups excluding carboxylic acids is 1. The van der Waals surface area contributed by atoms with Gasteiger partial charge in [0.25, 0.3) is 10.0 Å². The maximum Gasteiger partial charge on any atom is 0.417 e. The molecule has 2 heterocycles. The van der Waals surface area contributed by atoms with Crippen molar-refractivity contribution in [2.45, 2.75) is 77.1 Å². The summed E-state index contributed by atoms with van der Waals surface area (Å²) in [5.41, 5.74) is 1.09. The monoisotopic (exact) mass is 606 g/mol. The number of nitrogens with one attached hydrogen (secondary N) is 1. The van der Waals surface area contributed by atoms with Crippen LogP contribution in [0.5, 0.6) is 0 Å². The molecule has 0 saturated carbocycles. The van der Waals surface area contributed by atoms with Gasteiger partial charge in [-0.3, -0.25) is 4.72 Å². The quantitative estimate of drug-likeness (QED) is 0.255. The highest BCUT2D eigenvalue weighted by molar-refractivity contribution is 7.92. The zero-order valence-corrected chi connectivity index (χ0v) is 24.9. The summed E-state index contributed by atoms with van der Waals surface area (Å²) in [6, 6.07) is 17.9. The van der Waals surface area contributed by atoms with Gasteiger partial charge in [-0.2, -0.15) is 21.6 Å². The summed E-state index contributed by atoms with van der Waals surface area (Å²) in [6.07, 6.45) is -1.73. The molecule has 0 spiro atoms. The number of hydrogen-bond acceptors (Lipinski definition) is 6. The molecule has 1 aromatic heterocycles. The molecule has 2 aromatic carbocycles. The Kier molecular flexibility index (Phi) is 13.0. The molecule has 0 aliphatic carbocycles. The molecule has 1 unspecified atom stereocenters. The first-order chi connectivity index (χ1) is 19.9. The number of aliphatic hydroxyl groups is 1. The second-order valence-corrected chi connectivity index (χ2v) is 10.8. The van der Waals surface area contributed by atoms with E-state index in [2.05, 4.69) is 40.9 Å². The second kappa shape index (κ2) is 16.0. The van der Waals surface area contributed by atoms with Crippen molar-refractivity contribution in [2.24, 2.45) is 0 Å². The number of aromatic nitrogens is 1. The molecular weight excluding hydrogens is 569 g/mol. The Morgan fingerprint density at radius 2 is 1.67 bits per heavy atom. The number of halogens is 3. The van der Waals surface area contributed by atoms with E-state index < -0.39 is 32.8 Å². The van der Waals surface area contributed by atoms with Crippen molar-refractivity contribution in [1.82, 2.24) is 4.98 Å². The van der Waals surface area contributed by atoms with Crippen LogP contribution in [0.3, 0.4) is 0 Å². The van der Waals surface area contributed by atoms with E-state index in [0.29, 0.717) is 24.2 Å². The number of anilines is 1. The predicted molar refractivity (Wildman–Crippen MR) is 156 cm³/mol. The van der Waals surface area contributed by atoms with Gasteiger partial charge in [-0.15, -0.1) is 0 Å². The van der Waals surface area contributed by atoms with E-state index in [1.165, 1.54) is 17.7 Å². The number of pyridine rings is 1. The Morgan fingerprint density at radius 3 is 2.19 bits per heavy atom. The largest absolute Gasteiger partial charge is 0.512 e. The number of cyclic esters (lactones) is 1. The topological polar surface area (TPSA) is 106 Å². The van der Waals surface area contributed by atoms with Crippen LogP contribution in [0.1, 0.15) is 63.6 Å². The number of rotatable bonds is 8. The number of hydrogen-bond donors (Lipinski definition) is 2. The Balaban J connectivity index is 0.000000525. The van der Waals surface area contributed by atoms with Gasteiger partial charge >= 0.3 is 12.1 Å². The van der Waals surface area contributed by atoms with Crippen molar-refractivity contribution in [3.63, 3.8) is 0 Å². The summed E-state index contributed by atoms with van der Waals surface area (Å²) >= 11 is 0. The van der Waals surface area contributed by atoms with Crippen molar-refractivity contribution in [1.29, 1.82) is 0 Å². The molecule has 4 rings (SSSR count). The summed E-state index contributed by atoms with van der Waals surface area (Å²) in [5.74, 6) is -0.674. The van der Waals surface area contributed by atoms with Crippen LogP contribution in [-0.4, -0.2) is 30.6 Å². The van der Waals surface area contributed by atoms with Crippen LogP contribution in [0.4, 0.5) is 18.9 Å². The molecule has 2 N–H and O–H groups in total. The molecular formula is C31H37F3N2O5S. The van der Waals surface area contributed by atoms with E-state index in [0.717, 1.165) is 18.9 Å². The number of carbonyl (C=O) groups is 1. The number of ether oxygens (including phenoxy) is 1. The van der Waals surface area contributed by atoms with Crippen LogP contribution in [0.15, 0.2) is 89.3 Å². The molecule has 42 heavy (non-hydrogen) atoms. The number of nitrogens with zero attached hydrogens (tertiary/aromatic N) is 1. The van der Waals surface area contributed by atoms with Crippen LogP contribution in [-0.2, 0) is 38.6 Å². The lowest BCUT2D eigenvalue weighted by Gasteiger charge is -2.24. The highest BCUT2D eigenvalue weighted by Gasteiger charge is 2.32. The fourth-order valence-corrected chi connectivity index (χ4v) is 4.94. The number of esters is 1. The predicted octanol–water partition coefficient (Wildman–Crippen LogP) is 7.65. The van der Waals surface area contributed by atoms with Gasteiger partial charge in [0, 0.05) is 24.7 Å². The third kappa shape index (κ3) is 10.2. The highest BCUT2D eigenvalue weighted by atomic mass is 32.2. The lowest BCUT2D eigenvalue weighted by Crippen LogP contribution is -2.27. The molecule has 0 bridgehead atoms. The summed E-state index contributed by atoms with van der Waals surface area (Å²) in [4.78, 5) is 15.6. The van der Waals surface area contributed by atoms with Crippen LogP contribution in [0.2, 0.25) is 0 Å². The third-order valence-electron chi connectivity index (χ3n) is 6.05. The Morgan fingerprint density at radius 1 is 1.00 bits per heavy atom. The molecule has 0 fully saturated rings. The fraction of sp³-hybridized carbons (Fsp3) is 0.355. The fourth-order valence-electron chi connectivity index (χ4n) is 3.95. The van der Waals surface area contributed by atoms with Crippen molar-refractivity contribution in [2.75, 3.05) is 4.72 Å². The highest BCUT2D eigenvalue weighted by Crippen LogP contribution is 2.29. The first-order valence-corrected chi connectivity index (χ1v) is 15.2. The Hall–Kier alpha value is -3.86. The Labute approximate surface area is 245 Å². The van der Waals surface area contributed by atoms with Crippen molar-refractivity contribution < 1.29 is 36.2 Å². The van der Waals surface area contributed by atoms with Gasteiger partial charge in [-0.05, 0) is 48.2 Å². The van der Waals surface area contributed by atoms with Gasteiger partial charge in [-0.25, -0.2) is 9.78 Å². The minimum atomic E-state index is -4.63. The van der Waals surface area contributed by atoms with Gasteiger partial charge < -0.3 is 9.84 Å². The molecule has 1 aliphatic rings. The van der Waals surface area contributed by atoms with Gasteiger partial charge in [0.05, 0.1) is 11.1 Å². The zero-order valence-electron chi connectivity index (χ0n) is 24.1. The SMILES string of the molecule is CC.CCCC1CC(O)=C(Cc2cccc(NS(=O)(=O)c3ccc(C(F)(F)F)cn3)c2)C(=O)O1.CCc1ccccc1. The molecule has 1 aliphatic heterocycles.